The molecule has 0 unspecified atom stereocenters. The molecule has 0 aromatic heterocycles. The molecule has 2 amide bonds. The van der Waals surface area contributed by atoms with Crippen molar-refractivity contribution in [3.63, 3.8) is 0 Å². The van der Waals surface area contributed by atoms with Gasteiger partial charge in [-0.3, -0.25) is 9.59 Å². The van der Waals surface area contributed by atoms with Crippen LogP contribution in [-0.4, -0.2) is 29.3 Å². The standard InChI is InChI=1S/C14H19ClN2O2/c1-10(2)16-14(19)9-17(11(3)18)8-12-4-6-13(15)7-5-12/h4-7,10H,8-9H2,1-3H3,(H,16,19). The Morgan fingerprint density at radius 1 is 1.26 bits per heavy atom. The predicted molar refractivity (Wildman–Crippen MR) is 75.8 cm³/mol. The summed E-state index contributed by atoms with van der Waals surface area (Å²) in [6.45, 7) is 5.69. The topological polar surface area (TPSA) is 49.4 Å². The Balaban J connectivity index is 2.65. The fourth-order valence-corrected chi connectivity index (χ4v) is 1.76. The Hall–Kier alpha value is -1.55. The Kier molecular flexibility index (Phi) is 5.83. The SMILES string of the molecule is CC(=O)N(CC(=O)NC(C)C)Cc1ccc(Cl)cc1. The zero-order chi connectivity index (χ0) is 14.4. The zero-order valence-corrected chi connectivity index (χ0v) is 12.2. The van der Waals surface area contributed by atoms with Crippen molar-refractivity contribution in [1.29, 1.82) is 0 Å². The van der Waals surface area contributed by atoms with Gasteiger partial charge in [-0.05, 0) is 31.5 Å². The average molecular weight is 283 g/mol. The third-order valence-electron chi connectivity index (χ3n) is 2.52. The van der Waals surface area contributed by atoms with Crippen molar-refractivity contribution in [3.05, 3.63) is 34.9 Å². The van der Waals surface area contributed by atoms with E-state index < -0.39 is 0 Å². The Labute approximate surface area is 118 Å². The molecule has 0 heterocycles. The highest BCUT2D eigenvalue weighted by molar-refractivity contribution is 6.30. The molecule has 0 saturated carbocycles. The quantitative estimate of drug-likeness (QED) is 0.900. The average Bonchev–Trinajstić information content (AvgIpc) is 2.29. The van der Waals surface area contributed by atoms with Gasteiger partial charge in [-0.25, -0.2) is 0 Å². The molecule has 1 aromatic carbocycles. The maximum atomic E-state index is 11.7. The van der Waals surface area contributed by atoms with E-state index in [4.69, 9.17) is 11.6 Å². The number of benzene rings is 1. The molecule has 1 aromatic rings. The van der Waals surface area contributed by atoms with Gasteiger partial charge >= 0.3 is 0 Å². The number of hydrogen-bond donors (Lipinski definition) is 1. The van der Waals surface area contributed by atoms with E-state index in [1.807, 2.05) is 26.0 Å². The van der Waals surface area contributed by atoms with E-state index >= 15 is 0 Å². The van der Waals surface area contributed by atoms with Crippen LogP contribution in [0.4, 0.5) is 0 Å². The van der Waals surface area contributed by atoms with Crippen LogP contribution in [-0.2, 0) is 16.1 Å². The molecular formula is C14H19ClN2O2. The molecule has 0 bridgehead atoms. The summed E-state index contributed by atoms with van der Waals surface area (Å²) in [5, 5.41) is 3.42. The lowest BCUT2D eigenvalue weighted by Crippen LogP contribution is -2.41. The lowest BCUT2D eigenvalue weighted by Gasteiger charge is -2.21. The predicted octanol–water partition coefficient (Wildman–Crippen LogP) is 2.21. The summed E-state index contributed by atoms with van der Waals surface area (Å²) in [6, 6.07) is 7.29. The van der Waals surface area contributed by atoms with Gasteiger partial charge in [0.25, 0.3) is 0 Å². The van der Waals surface area contributed by atoms with Crippen molar-refractivity contribution in [2.45, 2.75) is 33.4 Å². The third-order valence-corrected chi connectivity index (χ3v) is 2.77. The van der Waals surface area contributed by atoms with Gasteiger partial charge in [0.05, 0.1) is 6.54 Å². The molecule has 0 aliphatic rings. The zero-order valence-electron chi connectivity index (χ0n) is 11.4. The summed E-state index contributed by atoms with van der Waals surface area (Å²) >= 11 is 5.81. The monoisotopic (exact) mass is 282 g/mol. The second-order valence-electron chi connectivity index (χ2n) is 4.72. The summed E-state index contributed by atoms with van der Waals surface area (Å²) in [5.74, 6) is -0.284. The van der Waals surface area contributed by atoms with Crippen molar-refractivity contribution >= 4 is 23.4 Å². The first-order chi connectivity index (χ1) is 8.88. The number of amides is 2. The summed E-state index contributed by atoms with van der Waals surface area (Å²) in [4.78, 5) is 24.7. The molecule has 0 spiro atoms. The highest BCUT2D eigenvalue weighted by Crippen LogP contribution is 2.11. The van der Waals surface area contributed by atoms with E-state index in [1.54, 1.807) is 12.1 Å². The molecular weight excluding hydrogens is 264 g/mol. The van der Waals surface area contributed by atoms with Crippen LogP contribution >= 0.6 is 11.6 Å². The van der Waals surface area contributed by atoms with Gasteiger partial charge < -0.3 is 10.2 Å². The highest BCUT2D eigenvalue weighted by atomic mass is 35.5. The molecule has 0 aliphatic heterocycles. The number of nitrogens with one attached hydrogen (secondary N) is 1. The van der Waals surface area contributed by atoms with Crippen molar-refractivity contribution in [3.8, 4) is 0 Å². The van der Waals surface area contributed by atoms with Crippen LogP contribution in [0.15, 0.2) is 24.3 Å². The lowest BCUT2D eigenvalue weighted by molar-refractivity contribution is -0.135. The molecule has 104 valence electrons. The smallest absolute Gasteiger partial charge is 0.239 e. The van der Waals surface area contributed by atoms with E-state index in [0.29, 0.717) is 11.6 Å². The van der Waals surface area contributed by atoms with Crippen molar-refractivity contribution in [2.75, 3.05) is 6.54 Å². The molecule has 19 heavy (non-hydrogen) atoms. The van der Waals surface area contributed by atoms with Gasteiger partial charge in [-0.1, -0.05) is 23.7 Å². The maximum Gasteiger partial charge on any atom is 0.239 e. The van der Waals surface area contributed by atoms with E-state index in [-0.39, 0.29) is 24.4 Å². The summed E-state index contributed by atoms with van der Waals surface area (Å²) in [5.41, 5.74) is 0.942. The van der Waals surface area contributed by atoms with E-state index in [1.165, 1.54) is 11.8 Å². The molecule has 0 aliphatic carbocycles. The second kappa shape index (κ2) is 7.14. The maximum absolute atomic E-state index is 11.7. The van der Waals surface area contributed by atoms with Gasteiger partial charge in [0.1, 0.15) is 0 Å². The number of carbonyl (C=O) groups excluding carboxylic acids is 2. The van der Waals surface area contributed by atoms with Crippen LogP contribution in [0.1, 0.15) is 26.3 Å². The first-order valence-electron chi connectivity index (χ1n) is 6.18. The largest absolute Gasteiger partial charge is 0.352 e. The molecule has 0 radical (unpaired) electrons. The number of rotatable bonds is 5. The van der Waals surface area contributed by atoms with Crippen molar-refractivity contribution in [1.82, 2.24) is 10.2 Å². The second-order valence-corrected chi connectivity index (χ2v) is 5.16. The molecule has 0 atom stereocenters. The molecule has 4 nitrogen and oxygen atoms in total. The van der Waals surface area contributed by atoms with Crippen LogP contribution in [0, 0.1) is 0 Å². The van der Waals surface area contributed by atoms with Crippen LogP contribution in [0.2, 0.25) is 5.02 Å². The lowest BCUT2D eigenvalue weighted by atomic mass is 10.2. The summed E-state index contributed by atoms with van der Waals surface area (Å²) in [6.07, 6.45) is 0. The Morgan fingerprint density at radius 2 is 1.84 bits per heavy atom. The Bertz CT molecular complexity index is 443. The minimum Gasteiger partial charge on any atom is -0.352 e. The number of carbonyl (C=O) groups is 2. The number of nitrogens with zero attached hydrogens (tertiary/aromatic N) is 1. The normalized spacial score (nSPS) is 10.4. The van der Waals surface area contributed by atoms with E-state index in [9.17, 15) is 9.59 Å². The first kappa shape index (κ1) is 15.5. The third kappa shape index (κ3) is 5.75. The Morgan fingerprint density at radius 3 is 2.32 bits per heavy atom. The van der Waals surface area contributed by atoms with Gasteiger partial charge in [0, 0.05) is 24.5 Å². The van der Waals surface area contributed by atoms with Gasteiger partial charge in [-0.2, -0.15) is 0 Å². The van der Waals surface area contributed by atoms with Crippen molar-refractivity contribution in [2.24, 2.45) is 0 Å². The number of hydrogen-bond acceptors (Lipinski definition) is 2. The molecule has 0 saturated heterocycles. The molecule has 5 heteroatoms. The summed E-state index contributed by atoms with van der Waals surface area (Å²) < 4.78 is 0. The highest BCUT2D eigenvalue weighted by Gasteiger charge is 2.14. The van der Waals surface area contributed by atoms with Crippen LogP contribution < -0.4 is 5.32 Å². The molecule has 1 N–H and O–H groups in total. The minimum atomic E-state index is -0.154. The van der Waals surface area contributed by atoms with Crippen LogP contribution in [0.25, 0.3) is 0 Å². The minimum absolute atomic E-state index is 0.0656. The van der Waals surface area contributed by atoms with E-state index in [0.717, 1.165) is 5.56 Å². The van der Waals surface area contributed by atoms with Gasteiger partial charge in [0.15, 0.2) is 0 Å². The van der Waals surface area contributed by atoms with Crippen LogP contribution in [0.3, 0.4) is 0 Å². The fourth-order valence-electron chi connectivity index (χ4n) is 1.63. The fraction of sp³-hybridized carbons (Fsp3) is 0.429. The van der Waals surface area contributed by atoms with E-state index in [2.05, 4.69) is 5.32 Å². The van der Waals surface area contributed by atoms with Gasteiger partial charge in [-0.15, -0.1) is 0 Å². The van der Waals surface area contributed by atoms with Crippen LogP contribution in [0.5, 0.6) is 0 Å². The van der Waals surface area contributed by atoms with Gasteiger partial charge in [0.2, 0.25) is 11.8 Å². The summed E-state index contributed by atoms with van der Waals surface area (Å²) in [7, 11) is 0. The van der Waals surface area contributed by atoms with Crippen molar-refractivity contribution < 1.29 is 9.59 Å². The molecule has 1 rings (SSSR count). The number of halogens is 1. The molecule has 0 fully saturated rings. The first-order valence-corrected chi connectivity index (χ1v) is 6.55.